The van der Waals surface area contributed by atoms with E-state index in [2.05, 4.69) is 10.2 Å². The van der Waals surface area contributed by atoms with Crippen LogP contribution in [0.1, 0.15) is 33.1 Å². The first-order chi connectivity index (χ1) is 6.95. The van der Waals surface area contributed by atoms with Gasteiger partial charge in [-0.2, -0.15) is 0 Å². The Hall–Kier alpha value is -0.610. The van der Waals surface area contributed by atoms with Gasteiger partial charge in [-0.25, -0.2) is 0 Å². The van der Waals surface area contributed by atoms with E-state index < -0.39 is 0 Å². The second-order valence-corrected chi connectivity index (χ2v) is 4.43. The number of carbonyl (C=O) groups excluding carboxylic acids is 1. The van der Waals surface area contributed by atoms with Gasteiger partial charge in [0.1, 0.15) is 0 Å². The topological polar surface area (TPSA) is 58.4 Å². The van der Waals surface area contributed by atoms with Crippen LogP contribution in [0.3, 0.4) is 0 Å². The molecule has 0 aliphatic heterocycles. The van der Waals surface area contributed by atoms with Gasteiger partial charge in [0.2, 0.25) is 5.91 Å². The fourth-order valence-electron chi connectivity index (χ4n) is 1.24. The molecule has 0 rings (SSSR count). The highest BCUT2D eigenvalue weighted by Crippen LogP contribution is 1.96. The van der Waals surface area contributed by atoms with Crippen molar-refractivity contribution in [1.82, 2.24) is 10.2 Å². The third-order valence-corrected chi connectivity index (χ3v) is 2.39. The summed E-state index contributed by atoms with van der Waals surface area (Å²) < 4.78 is 0. The molecule has 0 aromatic heterocycles. The van der Waals surface area contributed by atoms with Crippen molar-refractivity contribution in [1.29, 1.82) is 0 Å². The fourth-order valence-corrected chi connectivity index (χ4v) is 1.24. The molecular formula is C11H25N3O. The predicted molar refractivity (Wildman–Crippen MR) is 63.7 cm³/mol. The first kappa shape index (κ1) is 14.4. The van der Waals surface area contributed by atoms with Crippen LogP contribution in [0.25, 0.3) is 0 Å². The zero-order valence-corrected chi connectivity index (χ0v) is 10.4. The largest absolute Gasteiger partial charge is 0.354 e. The van der Waals surface area contributed by atoms with Crippen molar-refractivity contribution >= 4 is 5.91 Å². The van der Waals surface area contributed by atoms with E-state index in [1.165, 1.54) is 0 Å². The number of hydrogen-bond acceptors (Lipinski definition) is 3. The summed E-state index contributed by atoms with van der Waals surface area (Å²) in [4.78, 5) is 13.6. The Bertz CT molecular complexity index is 183. The SMILES string of the molecule is CCC(N)CC(=O)NC(C)CCN(C)C. The lowest BCUT2D eigenvalue weighted by atomic mass is 10.1. The Balaban J connectivity index is 3.66. The Kier molecular flexibility index (Phi) is 7.34. The maximum Gasteiger partial charge on any atom is 0.221 e. The van der Waals surface area contributed by atoms with Gasteiger partial charge < -0.3 is 16.0 Å². The average Bonchev–Trinajstić information content (AvgIpc) is 2.14. The van der Waals surface area contributed by atoms with Crippen LogP contribution < -0.4 is 11.1 Å². The van der Waals surface area contributed by atoms with Crippen molar-refractivity contribution < 1.29 is 4.79 Å². The number of amides is 1. The number of carbonyl (C=O) groups is 1. The van der Waals surface area contributed by atoms with E-state index in [4.69, 9.17) is 5.73 Å². The zero-order chi connectivity index (χ0) is 11.8. The zero-order valence-electron chi connectivity index (χ0n) is 10.4. The minimum Gasteiger partial charge on any atom is -0.354 e. The monoisotopic (exact) mass is 215 g/mol. The fraction of sp³-hybridized carbons (Fsp3) is 0.909. The van der Waals surface area contributed by atoms with Gasteiger partial charge >= 0.3 is 0 Å². The molecule has 2 unspecified atom stereocenters. The third-order valence-electron chi connectivity index (χ3n) is 2.39. The summed E-state index contributed by atoms with van der Waals surface area (Å²) in [6, 6.07) is 0.218. The molecule has 0 saturated carbocycles. The molecule has 0 fully saturated rings. The molecule has 0 aromatic rings. The average molecular weight is 215 g/mol. The Labute approximate surface area is 93.2 Å². The van der Waals surface area contributed by atoms with Crippen molar-refractivity contribution in [2.24, 2.45) is 5.73 Å². The molecule has 0 aromatic carbocycles. The molecule has 1 amide bonds. The molecule has 0 bridgehead atoms. The number of nitrogens with one attached hydrogen (secondary N) is 1. The third kappa shape index (κ3) is 8.39. The van der Waals surface area contributed by atoms with Crippen molar-refractivity contribution in [2.75, 3.05) is 20.6 Å². The van der Waals surface area contributed by atoms with Crippen LogP contribution in [-0.4, -0.2) is 43.5 Å². The summed E-state index contributed by atoms with van der Waals surface area (Å²) >= 11 is 0. The maximum atomic E-state index is 11.5. The Morgan fingerprint density at radius 2 is 2.07 bits per heavy atom. The number of rotatable bonds is 7. The summed E-state index contributed by atoms with van der Waals surface area (Å²) in [6.07, 6.45) is 2.25. The molecule has 2 atom stereocenters. The van der Waals surface area contributed by atoms with Crippen LogP contribution in [0, 0.1) is 0 Å². The van der Waals surface area contributed by atoms with Crippen LogP contribution in [-0.2, 0) is 4.79 Å². The Morgan fingerprint density at radius 3 is 2.53 bits per heavy atom. The van der Waals surface area contributed by atoms with Crippen molar-refractivity contribution in [3.8, 4) is 0 Å². The van der Waals surface area contributed by atoms with Gasteiger partial charge in [-0.05, 0) is 40.4 Å². The normalized spacial score (nSPS) is 15.1. The molecule has 15 heavy (non-hydrogen) atoms. The summed E-state index contributed by atoms with van der Waals surface area (Å²) in [6.45, 7) is 5.01. The second-order valence-electron chi connectivity index (χ2n) is 4.43. The first-order valence-electron chi connectivity index (χ1n) is 5.65. The molecule has 0 spiro atoms. The molecular weight excluding hydrogens is 190 g/mol. The lowest BCUT2D eigenvalue weighted by Crippen LogP contribution is -2.37. The highest BCUT2D eigenvalue weighted by atomic mass is 16.1. The van der Waals surface area contributed by atoms with Gasteiger partial charge in [0.25, 0.3) is 0 Å². The van der Waals surface area contributed by atoms with E-state index in [1.807, 2.05) is 27.9 Å². The van der Waals surface area contributed by atoms with E-state index in [0.717, 1.165) is 19.4 Å². The summed E-state index contributed by atoms with van der Waals surface area (Å²) in [7, 11) is 4.06. The van der Waals surface area contributed by atoms with E-state index in [9.17, 15) is 4.79 Å². The van der Waals surface area contributed by atoms with Gasteiger partial charge in [-0.3, -0.25) is 4.79 Å². The van der Waals surface area contributed by atoms with Crippen LogP contribution >= 0.6 is 0 Å². The van der Waals surface area contributed by atoms with Crippen LogP contribution in [0.2, 0.25) is 0 Å². The molecule has 0 aliphatic carbocycles. The van der Waals surface area contributed by atoms with Gasteiger partial charge in [0.05, 0.1) is 0 Å². The second kappa shape index (κ2) is 7.65. The van der Waals surface area contributed by atoms with E-state index in [-0.39, 0.29) is 18.0 Å². The van der Waals surface area contributed by atoms with Crippen LogP contribution in [0.5, 0.6) is 0 Å². The van der Waals surface area contributed by atoms with E-state index >= 15 is 0 Å². The van der Waals surface area contributed by atoms with Gasteiger partial charge in [-0.15, -0.1) is 0 Å². The minimum absolute atomic E-state index is 0.00829. The van der Waals surface area contributed by atoms with E-state index in [0.29, 0.717) is 6.42 Å². The van der Waals surface area contributed by atoms with Gasteiger partial charge in [-0.1, -0.05) is 6.92 Å². The molecule has 0 radical (unpaired) electrons. The number of nitrogens with two attached hydrogens (primary N) is 1. The summed E-state index contributed by atoms with van der Waals surface area (Å²) in [5, 5.41) is 2.95. The highest BCUT2D eigenvalue weighted by molar-refractivity contribution is 5.76. The molecule has 4 nitrogen and oxygen atoms in total. The smallest absolute Gasteiger partial charge is 0.221 e. The van der Waals surface area contributed by atoms with E-state index in [1.54, 1.807) is 0 Å². The Morgan fingerprint density at radius 1 is 1.47 bits per heavy atom. The lowest BCUT2D eigenvalue weighted by molar-refractivity contribution is -0.122. The first-order valence-corrected chi connectivity index (χ1v) is 5.65. The highest BCUT2D eigenvalue weighted by Gasteiger charge is 2.10. The summed E-state index contributed by atoms with van der Waals surface area (Å²) in [5.74, 6) is 0.0654. The van der Waals surface area contributed by atoms with Crippen molar-refractivity contribution in [2.45, 2.75) is 45.2 Å². The maximum absolute atomic E-state index is 11.5. The quantitative estimate of drug-likeness (QED) is 0.653. The van der Waals surface area contributed by atoms with Gasteiger partial charge in [0, 0.05) is 18.5 Å². The lowest BCUT2D eigenvalue weighted by Gasteiger charge is -2.17. The van der Waals surface area contributed by atoms with Crippen LogP contribution in [0.15, 0.2) is 0 Å². The molecule has 0 heterocycles. The molecule has 0 saturated heterocycles. The predicted octanol–water partition coefficient (Wildman–Crippen LogP) is 0.570. The number of nitrogens with zero attached hydrogens (tertiary/aromatic N) is 1. The standard InChI is InChI=1S/C11H25N3O/c1-5-10(12)8-11(15)13-9(2)6-7-14(3)4/h9-10H,5-8,12H2,1-4H3,(H,13,15). The minimum atomic E-state index is -0.00829. The molecule has 0 aliphatic rings. The van der Waals surface area contributed by atoms with Crippen molar-refractivity contribution in [3.05, 3.63) is 0 Å². The van der Waals surface area contributed by atoms with Gasteiger partial charge in [0.15, 0.2) is 0 Å². The molecule has 4 heteroatoms. The van der Waals surface area contributed by atoms with Crippen molar-refractivity contribution in [3.63, 3.8) is 0 Å². The van der Waals surface area contributed by atoms with Crippen LogP contribution in [0.4, 0.5) is 0 Å². The number of hydrogen-bond donors (Lipinski definition) is 2. The molecule has 3 N–H and O–H groups in total. The summed E-state index contributed by atoms with van der Waals surface area (Å²) in [5.41, 5.74) is 5.70. The molecule has 90 valence electrons.